The van der Waals surface area contributed by atoms with E-state index in [2.05, 4.69) is 20.6 Å². The first-order valence-corrected chi connectivity index (χ1v) is 10.5. The normalized spacial score (nSPS) is 13.5. The van der Waals surface area contributed by atoms with E-state index in [1.165, 1.54) is 11.3 Å². The number of ether oxygens (including phenoxy) is 2. The highest BCUT2D eigenvalue weighted by Gasteiger charge is 2.20. The zero-order valence-corrected chi connectivity index (χ0v) is 18.7. The predicted octanol–water partition coefficient (Wildman–Crippen LogP) is 3.63. The minimum Gasteiger partial charge on any atom is -0.489 e. The summed E-state index contributed by atoms with van der Waals surface area (Å²) in [7, 11) is 1.71. The molecular formula is C21H30N4O3S. The zero-order valence-electron chi connectivity index (χ0n) is 17.9. The smallest absolute Gasteiger partial charge is 0.350 e. The van der Waals surface area contributed by atoms with E-state index in [1.807, 2.05) is 52.0 Å². The lowest BCUT2D eigenvalue weighted by Crippen LogP contribution is -2.42. The lowest BCUT2D eigenvalue weighted by molar-refractivity contribution is 0.0531. The van der Waals surface area contributed by atoms with Crippen molar-refractivity contribution in [2.45, 2.75) is 46.8 Å². The number of carbonyl (C=O) groups is 1. The molecule has 8 heteroatoms. The van der Waals surface area contributed by atoms with Gasteiger partial charge in [-0.2, -0.15) is 0 Å². The lowest BCUT2D eigenvalue weighted by Gasteiger charge is -2.20. The maximum atomic E-state index is 12.0. The van der Waals surface area contributed by atoms with Gasteiger partial charge in [0.15, 0.2) is 5.96 Å². The highest BCUT2D eigenvalue weighted by Crippen LogP contribution is 2.24. The average Bonchev–Trinajstić information content (AvgIpc) is 3.07. The highest BCUT2D eigenvalue weighted by atomic mass is 32.1. The molecule has 0 radical (unpaired) electrons. The molecule has 0 bridgehead atoms. The van der Waals surface area contributed by atoms with Gasteiger partial charge in [0, 0.05) is 7.05 Å². The van der Waals surface area contributed by atoms with Crippen LogP contribution in [0.4, 0.5) is 0 Å². The van der Waals surface area contributed by atoms with Gasteiger partial charge in [-0.1, -0.05) is 12.1 Å². The monoisotopic (exact) mass is 418 g/mol. The molecular weight excluding hydrogens is 388 g/mol. The van der Waals surface area contributed by atoms with Gasteiger partial charge in [0.05, 0.1) is 24.9 Å². The van der Waals surface area contributed by atoms with E-state index in [9.17, 15) is 4.79 Å². The molecule has 158 valence electrons. The van der Waals surface area contributed by atoms with Crippen LogP contribution in [0.25, 0.3) is 0 Å². The third kappa shape index (κ3) is 6.74. The van der Waals surface area contributed by atoms with Crippen LogP contribution in [0.15, 0.2) is 29.3 Å². The molecule has 0 aliphatic heterocycles. The molecule has 1 aromatic heterocycles. The van der Waals surface area contributed by atoms with Crippen molar-refractivity contribution in [3.63, 3.8) is 0 Å². The lowest BCUT2D eigenvalue weighted by atomic mass is 10.2. The first kappa shape index (κ1) is 22.7. The van der Waals surface area contributed by atoms with Crippen LogP contribution in [0.2, 0.25) is 0 Å². The summed E-state index contributed by atoms with van der Waals surface area (Å²) in [5, 5.41) is 7.37. The largest absolute Gasteiger partial charge is 0.489 e. The summed E-state index contributed by atoms with van der Waals surface area (Å²) in [4.78, 5) is 21.3. The molecule has 2 rings (SSSR count). The SMILES string of the molecule is CCOC(=O)c1sc(C(C)NC(=NC)NCC(C)Oc2cccc(C)c2)nc1C. The third-order valence-electron chi connectivity index (χ3n) is 4.10. The maximum absolute atomic E-state index is 12.0. The Kier molecular flexibility index (Phi) is 8.45. The fraction of sp³-hybridized carbons (Fsp3) is 0.476. The van der Waals surface area contributed by atoms with Gasteiger partial charge in [-0.3, -0.25) is 4.99 Å². The number of thiazole rings is 1. The Labute approximate surface area is 176 Å². The Bertz CT molecular complexity index is 850. The number of esters is 1. The number of hydrogen-bond donors (Lipinski definition) is 2. The number of aliphatic imine (C=N–C) groups is 1. The molecule has 29 heavy (non-hydrogen) atoms. The molecule has 0 fully saturated rings. The van der Waals surface area contributed by atoms with Gasteiger partial charge >= 0.3 is 5.97 Å². The van der Waals surface area contributed by atoms with E-state index >= 15 is 0 Å². The van der Waals surface area contributed by atoms with Crippen molar-refractivity contribution in [1.82, 2.24) is 15.6 Å². The quantitative estimate of drug-likeness (QED) is 0.387. The van der Waals surface area contributed by atoms with Crippen LogP contribution in [0.1, 0.15) is 52.7 Å². The minimum absolute atomic E-state index is 0.0387. The van der Waals surface area contributed by atoms with Crippen molar-refractivity contribution in [2.24, 2.45) is 4.99 Å². The Hall–Kier alpha value is -2.61. The molecule has 0 amide bonds. The fourth-order valence-electron chi connectivity index (χ4n) is 2.65. The van der Waals surface area contributed by atoms with E-state index in [-0.39, 0.29) is 18.1 Å². The number of guanidine groups is 1. The van der Waals surface area contributed by atoms with Crippen molar-refractivity contribution in [3.05, 3.63) is 45.4 Å². The number of nitrogens with zero attached hydrogens (tertiary/aromatic N) is 2. The van der Waals surface area contributed by atoms with Crippen molar-refractivity contribution in [3.8, 4) is 5.75 Å². The molecule has 2 atom stereocenters. The van der Waals surface area contributed by atoms with Crippen LogP contribution in [0.5, 0.6) is 5.75 Å². The molecule has 2 aromatic rings. The second-order valence-corrected chi connectivity index (χ2v) is 7.78. The zero-order chi connectivity index (χ0) is 21.4. The Balaban J connectivity index is 1.90. The Morgan fingerprint density at radius 1 is 1.31 bits per heavy atom. The molecule has 7 nitrogen and oxygen atoms in total. The molecule has 0 aliphatic rings. The van der Waals surface area contributed by atoms with E-state index in [4.69, 9.17) is 9.47 Å². The van der Waals surface area contributed by atoms with Crippen LogP contribution in [-0.2, 0) is 4.74 Å². The van der Waals surface area contributed by atoms with Gasteiger partial charge < -0.3 is 20.1 Å². The number of rotatable bonds is 8. The van der Waals surface area contributed by atoms with Crippen LogP contribution in [0, 0.1) is 13.8 Å². The summed E-state index contributed by atoms with van der Waals surface area (Å²) >= 11 is 1.34. The van der Waals surface area contributed by atoms with E-state index < -0.39 is 0 Å². The van der Waals surface area contributed by atoms with E-state index in [1.54, 1.807) is 14.0 Å². The van der Waals surface area contributed by atoms with Gasteiger partial charge in [-0.25, -0.2) is 9.78 Å². The van der Waals surface area contributed by atoms with Gasteiger partial charge in [0.2, 0.25) is 0 Å². The number of carbonyl (C=O) groups excluding carboxylic acids is 1. The molecule has 0 spiro atoms. The number of nitrogens with one attached hydrogen (secondary N) is 2. The first-order chi connectivity index (χ1) is 13.8. The van der Waals surface area contributed by atoms with Crippen LogP contribution >= 0.6 is 11.3 Å². The second kappa shape index (κ2) is 10.8. The van der Waals surface area contributed by atoms with Crippen molar-refractivity contribution in [1.29, 1.82) is 0 Å². The summed E-state index contributed by atoms with van der Waals surface area (Å²) < 4.78 is 11.0. The third-order valence-corrected chi connectivity index (χ3v) is 5.43. The topological polar surface area (TPSA) is 84.8 Å². The maximum Gasteiger partial charge on any atom is 0.350 e. The van der Waals surface area contributed by atoms with Crippen molar-refractivity contribution in [2.75, 3.05) is 20.2 Å². The first-order valence-electron chi connectivity index (χ1n) is 9.69. The van der Waals surface area contributed by atoms with E-state index in [0.29, 0.717) is 29.7 Å². The molecule has 2 unspecified atom stereocenters. The molecule has 0 saturated carbocycles. The van der Waals surface area contributed by atoms with Crippen LogP contribution in [-0.4, -0.2) is 43.2 Å². The van der Waals surface area contributed by atoms with Gasteiger partial charge in [-0.15, -0.1) is 11.3 Å². The molecule has 1 heterocycles. The molecule has 1 aromatic carbocycles. The van der Waals surface area contributed by atoms with Gasteiger partial charge in [0.25, 0.3) is 0 Å². The fourth-order valence-corrected chi connectivity index (χ4v) is 3.62. The molecule has 2 N–H and O–H groups in total. The predicted molar refractivity (Wildman–Crippen MR) is 117 cm³/mol. The minimum atomic E-state index is -0.328. The molecule has 0 aliphatic carbocycles. The second-order valence-electron chi connectivity index (χ2n) is 6.75. The summed E-state index contributed by atoms with van der Waals surface area (Å²) in [6, 6.07) is 7.87. The summed E-state index contributed by atoms with van der Waals surface area (Å²) in [6.45, 7) is 10.6. The summed E-state index contributed by atoms with van der Waals surface area (Å²) in [5.41, 5.74) is 1.84. The summed E-state index contributed by atoms with van der Waals surface area (Å²) in [6.07, 6.45) is -0.0387. The van der Waals surface area contributed by atoms with Crippen molar-refractivity contribution >= 4 is 23.3 Å². The number of aromatic nitrogens is 1. The Morgan fingerprint density at radius 3 is 2.72 bits per heavy atom. The standard InChI is InChI=1S/C21H30N4O3S/c1-7-27-20(26)18-15(4)24-19(29-18)16(5)25-21(22-6)23-12-14(3)28-17-10-8-9-13(2)11-17/h8-11,14,16H,7,12H2,1-6H3,(H2,22,23,25). The molecule has 0 saturated heterocycles. The van der Waals surface area contributed by atoms with E-state index in [0.717, 1.165) is 16.3 Å². The highest BCUT2D eigenvalue weighted by molar-refractivity contribution is 7.13. The number of benzene rings is 1. The summed E-state index contributed by atoms with van der Waals surface area (Å²) in [5.74, 6) is 1.16. The number of hydrogen-bond acceptors (Lipinski definition) is 6. The number of aryl methyl sites for hydroxylation is 2. The Morgan fingerprint density at radius 2 is 2.07 bits per heavy atom. The van der Waals surface area contributed by atoms with Crippen LogP contribution < -0.4 is 15.4 Å². The van der Waals surface area contributed by atoms with Gasteiger partial charge in [-0.05, 0) is 52.3 Å². The average molecular weight is 419 g/mol. The van der Waals surface area contributed by atoms with Crippen molar-refractivity contribution < 1.29 is 14.3 Å². The van der Waals surface area contributed by atoms with Gasteiger partial charge in [0.1, 0.15) is 21.7 Å². The van der Waals surface area contributed by atoms with Crippen LogP contribution in [0.3, 0.4) is 0 Å².